The molecule has 0 aliphatic heterocycles. The van der Waals surface area contributed by atoms with E-state index in [1.807, 2.05) is 91.0 Å². The normalized spacial score (nSPS) is 11.1. The fourth-order valence-corrected chi connectivity index (χ4v) is 4.97. The lowest BCUT2D eigenvalue weighted by molar-refractivity contribution is 0.0948. The summed E-state index contributed by atoms with van der Waals surface area (Å²) in [6, 6.07) is 25.1. The number of nitrogens with zero attached hydrogens (tertiary/aromatic N) is 2. The number of hydrogen-bond acceptors (Lipinski definition) is 6. The lowest BCUT2D eigenvalue weighted by Gasteiger charge is -2.12. The van der Waals surface area contributed by atoms with Gasteiger partial charge < -0.3 is 14.8 Å². The molecular weight excluding hydrogens is 496 g/mol. The quantitative estimate of drug-likeness (QED) is 0.239. The molecule has 0 saturated heterocycles. The number of hydrogen-bond donors (Lipinski definition) is 2. The van der Waals surface area contributed by atoms with Gasteiger partial charge in [-0.2, -0.15) is 5.10 Å². The first-order chi connectivity index (χ1) is 18.6. The van der Waals surface area contributed by atoms with Crippen molar-refractivity contribution in [2.45, 2.75) is 16.3 Å². The molecule has 0 radical (unpaired) electrons. The third kappa shape index (κ3) is 5.71. The van der Waals surface area contributed by atoms with E-state index >= 15 is 0 Å². The molecule has 2 heterocycles. The number of amides is 1. The van der Waals surface area contributed by atoms with E-state index in [0.29, 0.717) is 23.6 Å². The second kappa shape index (κ2) is 11.7. The van der Waals surface area contributed by atoms with Gasteiger partial charge in [0.1, 0.15) is 0 Å². The van der Waals surface area contributed by atoms with Crippen molar-refractivity contribution < 1.29 is 14.3 Å². The van der Waals surface area contributed by atoms with Crippen molar-refractivity contribution in [2.75, 3.05) is 14.2 Å². The maximum absolute atomic E-state index is 13.1. The molecule has 190 valence electrons. The number of ether oxygens (including phenoxy) is 2. The Morgan fingerprint density at radius 2 is 1.79 bits per heavy atom. The van der Waals surface area contributed by atoms with Gasteiger partial charge in [0.2, 0.25) is 0 Å². The number of H-pyrrole nitrogens is 1. The van der Waals surface area contributed by atoms with Crippen molar-refractivity contribution in [1.82, 2.24) is 20.5 Å². The number of benzene rings is 3. The van der Waals surface area contributed by atoms with Crippen molar-refractivity contribution >= 4 is 40.7 Å². The van der Waals surface area contributed by atoms with Crippen molar-refractivity contribution in [3.63, 3.8) is 0 Å². The molecule has 1 amide bonds. The molecule has 0 aliphatic carbocycles. The molecule has 0 fully saturated rings. The monoisotopic (exact) mass is 522 g/mol. The minimum Gasteiger partial charge on any atom is -0.493 e. The van der Waals surface area contributed by atoms with Crippen LogP contribution in [0, 0.1) is 0 Å². The molecule has 0 spiro atoms. The number of aromatic amines is 1. The second-order valence-electron chi connectivity index (χ2n) is 8.37. The van der Waals surface area contributed by atoms with Gasteiger partial charge in [-0.1, -0.05) is 36.0 Å². The van der Waals surface area contributed by atoms with E-state index < -0.39 is 0 Å². The Kier molecular flexibility index (Phi) is 7.70. The largest absolute Gasteiger partial charge is 0.493 e. The van der Waals surface area contributed by atoms with Crippen molar-refractivity contribution in [3.05, 3.63) is 108 Å². The zero-order valence-corrected chi connectivity index (χ0v) is 21.8. The smallest absolute Gasteiger partial charge is 0.252 e. The van der Waals surface area contributed by atoms with Crippen LogP contribution in [0.15, 0.2) is 94.9 Å². The molecule has 0 bridgehead atoms. The molecule has 0 aliphatic rings. The van der Waals surface area contributed by atoms with E-state index in [0.717, 1.165) is 37.6 Å². The maximum atomic E-state index is 13.1. The summed E-state index contributed by atoms with van der Waals surface area (Å²) in [5.41, 5.74) is 4.17. The highest BCUT2D eigenvalue weighted by Crippen LogP contribution is 2.33. The third-order valence-corrected chi connectivity index (χ3v) is 6.99. The Morgan fingerprint density at radius 1 is 0.947 bits per heavy atom. The highest BCUT2D eigenvalue weighted by molar-refractivity contribution is 7.99. The molecule has 8 heteroatoms. The summed E-state index contributed by atoms with van der Waals surface area (Å²) in [6.07, 6.45) is 5.65. The number of nitrogens with one attached hydrogen (secondary N) is 2. The molecule has 0 atom stereocenters. The molecule has 3 aromatic carbocycles. The SMILES string of the molecule is COc1ccc(CNC(=O)c2ccccc2Sc2ccc3c(/C=C/c4ccccn4)n[nH]c3c2)cc1OC. The van der Waals surface area contributed by atoms with E-state index in [-0.39, 0.29) is 5.91 Å². The second-order valence-corrected chi connectivity index (χ2v) is 9.49. The molecule has 38 heavy (non-hydrogen) atoms. The number of fused-ring (bicyclic) bond motifs is 1. The predicted octanol–water partition coefficient (Wildman–Crippen LogP) is 6.23. The summed E-state index contributed by atoms with van der Waals surface area (Å²) in [5, 5.41) is 11.6. The predicted molar refractivity (Wildman–Crippen MR) is 151 cm³/mol. The molecule has 0 unspecified atom stereocenters. The van der Waals surface area contributed by atoms with Crippen LogP contribution in [-0.4, -0.2) is 35.3 Å². The zero-order chi connectivity index (χ0) is 26.3. The number of rotatable bonds is 9. The first-order valence-corrected chi connectivity index (χ1v) is 12.8. The number of carbonyl (C=O) groups is 1. The molecule has 2 N–H and O–H groups in total. The van der Waals surface area contributed by atoms with Gasteiger partial charge in [-0.15, -0.1) is 0 Å². The highest BCUT2D eigenvalue weighted by atomic mass is 32.2. The standard InChI is InChI=1S/C30H26N4O3S/c1-36-27-15-10-20(17-28(27)37-2)19-32-30(35)24-8-3-4-9-29(24)38-22-12-13-23-25(33-34-26(23)18-22)14-11-21-7-5-6-16-31-21/h3-18H,19H2,1-2H3,(H,32,35)(H,33,34)/b14-11+. The van der Waals surface area contributed by atoms with E-state index in [4.69, 9.17) is 9.47 Å². The number of methoxy groups -OCH3 is 2. The van der Waals surface area contributed by atoms with Crippen LogP contribution in [0.3, 0.4) is 0 Å². The highest BCUT2D eigenvalue weighted by Gasteiger charge is 2.14. The van der Waals surface area contributed by atoms with Gasteiger partial charge in [0.05, 0.1) is 36.7 Å². The lowest BCUT2D eigenvalue weighted by Crippen LogP contribution is -2.23. The molecule has 7 nitrogen and oxygen atoms in total. The average Bonchev–Trinajstić information content (AvgIpc) is 3.37. The van der Waals surface area contributed by atoms with Crippen LogP contribution >= 0.6 is 11.8 Å². The Hall–Kier alpha value is -4.56. The Morgan fingerprint density at radius 3 is 2.61 bits per heavy atom. The molecule has 2 aromatic heterocycles. The Balaban J connectivity index is 1.30. The number of aromatic nitrogens is 3. The van der Waals surface area contributed by atoms with Crippen LogP contribution in [-0.2, 0) is 6.54 Å². The lowest BCUT2D eigenvalue weighted by atomic mass is 10.1. The van der Waals surface area contributed by atoms with E-state index in [9.17, 15) is 4.79 Å². The van der Waals surface area contributed by atoms with Crippen molar-refractivity contribution in [1.29, 1.82) is 0 Å². The van der Waals surface area contributed by atoms with E-state index in [1.165, 1.54) is 11.8 Å². The van der Waals surface area contributed by atoms with Gasteiger partial charge in [0.15, 0.2) is 11.5 Å². The first kappa shape index (κ1) is 25.1. The number of pyridine rings is 1. The van der Waals surface area contributed by atoms with Crippen LogP contribution in [0.4, 0.5) is 0 Å². The van der Waals surface area contributed by atoms with Crippen LogP contribution in [0.1, 0.15) is 27.3 Å². The van der Waals surface area contributed by atoms with Gasteiger partial charge in [0.25, 0.3) is 5.91 Å². The summed E-state index contributed by atoms with van der Waals surface area (Å²) in [7, 11) is 3.19. The molecule has 5 aromatic rings. The summed E-state index contributed by atoms with van der Waals surface area (Å²) >= 11 is 1.54. The van der Waals surface area contributed by atoms with Crippen molar-refractivity contribution in [3.8, 4) is 11.5 Å². The molecule has 0 saturated carbocycles. The maximum Gasteiger partial charge on any atom is 0.252 e. The van der Waals surface area contributed by atoms with Crippen LogP contribution in [0.2, 0.25) is 0 Å². The average molecular weight is 523 g/mol. The third-order valence-electron chi connectivity index (χ3n) is 5.92. The minimum absolute atomic E-state index is 0.146. The van der Waals surface area contributed by atoms with Gasteiger partial charge in [0, 0.05) is 27.9 Å². The van der Waals surface area contributed by atoms with Crippen LogP contribution < -0.4 is 14.8 Å². The fourth-order valence-electron chi connectivity index (χ4n) is 3.99. The number of carbonyl (C=O) groups excluding carboxylic acids is 1. The fraction of sp³-hybridized carbons (Fsp3) is 0.100. The van der Waals surface area contributed by atoms with Gasteiger partial charge >= 0.3 is 0 Å². The van der Waals surface area contributed by atoms with Gasteiger partial charge in [-0.05, 0) is 72.3 Å². The molecule has 5 rings (SSSR count). The zero-order valence-electron chi connectivity index (χ0n) is 21.0. The van der Waals surface area contributed by atoms with Crippen LogP contribution in [0.25, 0.3) is 23.1 Å². The van der Waals surface area contributed by atoms with E-state index in [2.05, 4.69) is 20.5 Å². The summed E-state index contributed by atoms with van der Waals surface area (Å²) in [4.78, 5) is 19.3. The summed E-state index contributed by atoms with van der Waals surface area (Å²) in [6.45, 7) is 0.368. The summed E-state index contributed by atoms with van der Waals surface area (Å²) < 4.78 is 10.7. The first-order valence-electron chi connectivity index (χ1n) is 12.0. The Labute approximate surface area is 224 Å². The minimum atomic E-state index is -0.146. The van der Waals surface area contributed by atoms with Crippen molar-refractivity contribution in [2.24, 2.45) is 0 Å². The van der Waals surface area contributed by atoms with E-state index in [1.54, 1.807) is 20.4 Å². The van der Waals surface area contributed by atoms with Crippen LogP contribution in [0.5, 0.6) is 11.5 Å². The topological polar surface area (TPSA) is 89.1 Å². The Bertz CT molecular complexity index is 1600. The van der Waals surface area contributed by atoms with Gasteiger partial charge in [-0.25, -0.2) is 0 Å². The summed E-state index contributed by atoms with van der Waals surface area (Å²) in [5.74, 6) is 1.13. The molecular formula is C30H26N4O3S. The van der Waals surface area contributed by atoms with Gasteiger partial charge in [-0.3, -0.25) is 14.9 Å².